The Morgan fingerprint density at radius 3 is 2.62 bits per heavy atom. The fourth-order valence-electron chi connectivity index (χ4n) is 2.03. The Morgan fingerprint density at radius 2 is 1.86 bits per heavy atom. The Morgan fingerprint density at radius 1 is 1.00 bits per heavy atom. The topological polar surface area (TPSA) is 100 Å². The number of benzene rings is 1. The fourth-order valence-corrected chi connectivity index (χ4v) is 2.03. The molecule has 0 fully saturated rings. The Balaban J connectivity index is 1.82. The van der Waals surface area contributed by atoms with Crippen molar-refractivity contribution >= 4 is 29.4 Å². The molecule has 21 heavy (non-hydrogen) atoms. The predicted octanol–water partition coefficient (Wildman–Crippen LogP) is 1.61. The molecule has 7 heteroatoms. The number of nitrogens with one attached hydrogen (secondary N) is 3. The van der Waals surface area contributed by atoms with Crippen molar-refractivity contribution in [3.05, 3.63) is 53.7 Å². The molecule has 0 spiro atoms. The first-order valence-electron chi connectivity index (χ1n) is 6.13. The van der Waals surface area contributed by atoms with Crippen LogP contribution in [0.1, 0.15) is 20.7 Å². The molecular weight excluding hydrogens is 272 g/mol. The molecule has 0 saturated heterocycles. The molecule has 1 aliphatic heterocycles. The van der Waals surface area contributed by atoms with Gasteiger partial charge >= 0.3 is 6.03 Å². The third-order valence-electron chi connectivity index (χ3n) is 2.92. The van der Waals surface area contributed by atoms with Gasteiger partial charge in [-0.1, -0.05) is 12.1 Å². The lowest BCUT2D eigenvalue weighted by Gasteiger charge is -2.09. The van der Waals surface area contributed by atoms with Crippen molar-refractivity contribution in [2.24, 2.45) is 0 Å². The first-order valence-corrected chi connectivity index (χ1v) is 6.13. The van der Waals surface area contributed by atoms with Crippen LogP contribution >= 0.6 is 0 Å². The maximum atomic E-state index is 11.9. The van der Waals surface area contributed by atoms with E-state index in [0.29, 0.717) is 5.82 Å². The summed E-state index contributed by atoms with van der Waals surface area (Å²) < 4.78 is 0. The number of nitrogens with zero attached hydrogens (tertiary/aromatic N) is 1. The quantitative estimate of drug-likeness (QED) is 0.728. The van der Waals surface area contributed by atoms with Gasteiger partial charge in [0.05, 0.1) is 16.8 Å². The van der Waals surface area contributed by atoms with E-state index < -0.39 is 17.8 Å². The number of fused-ring (bicyclic) bond motifs is 1. The first-order chi connectivity index (χ1) is 10.1. The molecule has 0 bridgehead atoms. The number of carbonyl (C=O) groups is 3. The van der Waals surface area contributed by atoms with Crippen molar-refractivity contribution in [1.82, 2.24) is 10.3 Å². The highest BCUT2D eigenvalue weighted by molar-refractivity contribution is 6.24. The van der Waals surface area contributed by atoms with Crippen LogP contribution in [0.25, 0.3) is 0 Å². The number of carbonyl (C=O) groups excluding carboxylic acids is 3. The molecule has 0 saturated carbocycles. The Bertz CT molecular complexity index is 743. The van der Waals surface area contributed by atoms with E-state index in [1.165, 1.54) is 6.07 Å². The van der Waals surface area contributed by atoms with Crippen LogP contribution in [0.3, 0.4) is 0 Å². The third kappa shape index (κ3) is 2.44. The van der Waals surface area contributed by atoms with Crippen LogP contribution in [0.5, 0.6) is 0 Å². The molecule has 0 unspecified atom stereocenters. The highest BCUT2D eigenvalue weighted by Gasteiger charge is 2.29. The molecule has 0 aliphatic carbocycles. The van der Waals surface area contributed by atoms with Crippen LogP contribution in [-0.4, -0.2) is 22.8 Å². The number of hydrogen-bond acceptors (Lipinski definition) is 4. The maximum Gasteiger partial charge on any atom is 0.324 e. The second kappa shape index (κ2) is 5.04. The van der Waals surface area contributed by atoms with Crippen molar-refractivity contribution < 1.29 is 14.4 Å². The monoisotopic (exact) mass is 282 g/mol. The summed E-state index contributed by atoms with van der Waals surface area (Å²) in [5.41, 5.74) is 0.679. The van der Waals surface area contributed by atoms with Gasteiger partial charge in [-0.2, -0.15) is 0 Å². The lowest BCUT2D eigenvalue weighted by molar-refractivity contribution is 0.0880. The van der Waals surface area contributed by atoms with Crippen LogP contribution in [0.2, 0.25) is 0 Å². The second-order valence-electron chi connectivity index (χ2n) is 4.31. The van der Waals surface area contributed by atoms with Gasteiger partial charge in [0.15, 0.2) is 0 Å². The zero-order chi connectivity index (χ0) is 14.8. The number of anilines is 2. The van der Waals surface area contributed by atoms with Gasteiger partial charge in [0.2, 0.25) is 0 Å². The lowest BCUT2D eigenvalue weighted by atomic mass is 10.1. The molecule has 0 radical (unpaired) electrons. The molecule has 7 nitrogen and oxygen atoms in total. The van der Waals surface area contributed by atoms with E-state index in [9.17, 15) is 14.4 Å². The molecule has 1 aliphatic rings. The summed E-state index contributed by atoms with van der Waals surface area (Å²) in [6.07, 6.45) is 1.54. The normalized spacial score (nSPS) is 12.6. The number of imide groups is 1. The summed E-state index contributed by atoms with van der Waals surface area (Å²) >= 11 is 0. The van der Waals surface area contributed by atoms with E-state index in [4.69, 9.17) is 0 Å². The average Bonchev–Trinajstić information content (AvgIpc) is 2.76. The number of aromatic nitrogens is 1. The minimum atomic E-state index is -0.547. The lowest BCUT2D eigenvalue weighted by Crippen LogP contribution is -2.23. The van der Waals surface area contributed by atoms with Gasteiger partial charge < -0.3 is 5.32 Å². The predicted molar refractivity (Wildman–Crippen MR) is 75.1 cm³/mol. The van der Waals surface area contributed by atoms with E-state index in [2.05, 4.69) is 20.9 Å². The smallest absolute Gasteiger partial charge is 0.307 e. The van der Waals surface area contributed by atoms with Crippen molar-refractivity contribution in [2.45, 2.75) is 0 Å². The standard InChI is InChI=1S/C14H10N4O3/c19-12-8-4-3-5-9(11(8)13(20)18-12)16-14(21)17-10-6-1-2-7-15-10/h1-7H,(H,18,19,20)(H2,15,16,17,21). The molecule has 3 rings (SSSR count). The van der Waals surface area contributed by atoms with Crippen molar-refractivity contribution in [2.75, 3.05) is 10.6 Å². The van der Waals surface area contributed by atoms with E-state index >= 15 is 0 Å². The zero-order valence-corrected chi connectivity index (χ0v) is 10.7. The number of amides is 4. The van der Waals surface area contributed by atoms with Gasteiger partial charge in [0, 0.05) is 6.20 Å². The maximum absolute atomic E-state index is 11.9. The highest BCUT2D eigenvalue weighted by Crippen LogP contribution is 2.24. The largest absolute Gasteiger partial charge is 0.324 e. The van der Waals surface area contributed by atoms with Crippen molar-refractivity contribution in [3.63, 3.8) is 0 Å². The third-order valence-corrected chi connectivity index (χ3v) is 2.92. The van der Waals surface area contributed by atoms with Crippen molar-refractivity contribution in [3.8, 4) is 0 Å². The van der Waals surface area contributed by atoms with Gasteiger partial charge in [0.1, 0.15) is 5.82 Å². The van der Waals surface area contributed by atoms with Crippen LogP contribution in [0.15, 0.2) is 42.6 Å². The number of pyridine rings is 1. The van der Waals surface area contributed by atoms with E-state index in [1.54, 1.807) is 36.5 Å². The highest BCUT2D eigenvalue weighted by atomic mass is 16.2. The van der Waals surface area contributed by atoms with E-state index in [0.717, 1.165) is 0 Å². The van der Waals surface area contributed by atoms with Crippen LogP contribution < -0.4 is 16.0 Å². The second-order valence-corrected chi connectivity index (χ2v) is 4.31. The molecule has 1 aromatic heterocycles. The van der Waals surface area contributed by atoms with Gasteiger partial charge in [0.25, 0.3) is 11.8 Å². The van der Waals surface area contributed by atoms with Crippen LogP contribution in [0, 0.1) is 0 Å². The summed E-state index contributed by atoms with van der Waals surface area (Å²) in [5, 5.41) is 7.25. The van der Waals surface area contributed by atoms with Gasteiger partial charge in [-0.05, 0) is 24.3 Å². The summed E-state index contributed by atoms with van der Waals surface area (Å²) in [5.74, 6) is -0.615. The molecule has 4 amide bonds. The number of urea groups is 1. The van der Waals surface area contributed by atoms with Gasteiger partial charge in [-0.15, -0.1) is 0 Å². The Labute approximate surface area is 119 Å². The summed E-state index contributed by atoms with van der Waals surface area (Å²) in [7, 11) is 0. The van der Waals surface area contributed by atoms with E-state index in [1.807, 2.05) is 0 Å². The average molecular weight is 282 g/mol. The summed E-state index contributed by atoms with van der Waals surface area (Å²) in [4.78, 5) is 39.1. The summed E-state index contributed by atoms with van der Waals surface area (Å²) in [6.45, 7) is 0. The number of rotatable bonds is 2. The van der Waals surface area contributed by atoms with Crippen LogP contribution in [0.4, 0.5) is 16.3 Å². The molecule has 3 N–H and O–H groups in total. The SMILES string of the molecule is O=C(Nc1ccccn1)Nc1cccc2c1C(=O)NC2=O. The van der Waals surface area contributed by atoms with E-state index in [-0.39, 0.29) is 16.8 Å². The Kier molecular flexibility index (Phi) is 3.07. The molecule has 2 heterocycles. The molecule has 0 atom stereocenters. The first kappa shape index (κ1) is 12.8. The summed E-state index contributed by atoms with van der Waals surface area (Å²) in [6, 6.07) is 9.21. The zero-order valence-electron chi connectivity index (χ0n) is 10.7. The van der Waals surface area contributed by atoms with Crippen LogP contribution in [-0.2, 0) is 0 Å². The molecular formula is C14H10N4O3. The minimum absolute atomic E-state index is 0.165. The molecule has 2 aromatic rings. The molecule has 104 valence electrons. The fraction of sp³-hybridized carbons (Fsp3) is 0. The van der Waals surface area contributed by atoms with Gasteiger partial charge in [-0.25, -0.2) is 9.78 Å². The molecule has 1 aromatic carbocycles. The minimum Gasteiger partial charge on any atom is -0.307 e. The van der Waals surface area contributed by atoms with Crippen molar-refractivity contribution in [1.29, 1.82) is 0 Å². The Hall–Kier alpha value is -3.22. The van der Waals surface area contributed by atoms with Gasteiger partial charge in [-0.3, -0.25) is 20.2 Å². The number of hydrogen-bond donors (Lipinski definition) is 3.